The average Bonchev–Trinajstić information content (AvgIpc) is 2.69. The van der Waals surface area contributed by atoms with Gasteiger partial charge in [0.05, 0.1) is 21.7 Å². The first-order valence-electron chi connectivity index (χ1n) is 6.10. The number of halogens is 1. The Morgan fingerprint density at radius 2 is 2.16 bits per heavy atom. The van der Waals surface area contributed by atoms with Crippen molar-refractivity contribution in [2.75, 3.05) is 6.54 Å². The van der Waals surface area contributed by atoms with Crippen LogP contribution in [-0.4, -0.2) is 16.6 Å². The SMILES string of the molecule is Cc1nc(C)c(C(O)C(CN)c2cccc(Cl)c2)s1. The summed E-state index contributed by atoms with van der Waals surface area (Å²) < 4.78 is 0. The molecule has 3 N–H and O–H groups in total. The van der Waals surface area contributed by atoms with Gasteiger partial charge < -0.3 is 10.8 Å². The van der Waals surface area contributed by atoms with Crippen molar-refractivity contribution in [2.45, 2.75) is 25.9 Å². The smallest absolute Gasteiger partial charge is 0.0981 e. The standard InChI is InChI=1S/C14H17ClN2OS/c1-8-14(19-9(2)17-8)13(18)12(7-16)10-4-3-5-11(15)6-10/h3-6,12-13,18H,7,16H2,1-2H3. The third-order valence-electron chi connectivity index (χ3n) is 3.12. The van der Waals surface area contributed by atoms with Crippen molar-refractivity contribution in [2.24, 2.45) is 5.73 Å². The molecule has 3 nitrogen and oxygen atoms in total. The van der Waals surface area contributed by atoms with Gasteiger partial charge in [0.25, 0.3) is 0 Å². The number of aryl methyl sites for hydroxylation is 2. The van der Waals surface area contributed by atoms with Crippen molar-refractivity contribution in [3.8, 4) is 0 Å². The number of thiazole rings is 1. The molecule has 2 rings (SSSR count). The molecule has 0 aliphatic carbocycles. The topological polar surface area (TPSA) is 59.1 Å². The van der Waals surface area contributed by atoms with Gasteiger partial charge in [-0.05, 0) is 31.5 Å². The summed E-state index contributed by atoms with van der Waals surface area (Å²) in [6.07, 6.45) is -0.644. The summed E-state index contributed by atoms with van der Waals surface area (Å²) in [6, 6.07) is 7.48. The van der Waals surface area contributed by atoms with E-state index in [-0.39, 0.29) is 5.92 Å². The number of aromatic nitrogens is 1. The molecule has 19 heavy (non-hydrogen) atoms. The first kappa shape index (κ1) is 14.5. The minimum absolute atomic E-state index is 0.169. The van der Waals surface area contributed by atoms with Gasteiger partial charge in [-0.15, -0.1) is 11.3 Å². The average molecular weight is 297 g/mol. The molecule has 0 aliphatic rings. The quantitative estimate of drug-likeness (QED) is 0.911. The molecule has 102 valence electrons. The Labute approximate surface area is 122 Å². The summed E-state index contributed by atoms with van der Waals surface area (Å²) in [4.78, 5) is 5.23. The molecular formula is C14H17ClN2OS. The zero-order valence-corrected chi connectivity index (χ0v) is 12.5. The maximum absolute atomic E-state index is 10.6. The molecule has 0 saturated carbocycles. The lowest BCUT2D eigenvalue weighted by Gasteiger charge is -2.21. The van der Waals surface area contributed by atoms with Gasteiger partial charge in [0.2, 0.25) is 0 Å². The molecule has 2 unspecified atom stereocenters. The van der Waals surface area contributed by atoms with Gasteiger partial charge in [-0.3, -0.25) is 0 Å². The number of hydrogen-bond donors (Lipinski definition) is 2. The first-order chi connectivity index (χ1) is 9.02. The summed E-state index contributed by atoms with van der Waals surface area (Å²) in [5.74, 6) is -0.169. The maximum Gasteiger partial charge on any atom is 0.0981 e. The predicted molar refractivity (Wildman–Crippen MR) is 79.8 cm³/mol. The van der Waals surface area contributed by atoms with Gasteiger partial charge in [-0.25, -0.2) is 4.98 Å². The van der Waals surface area contributed by atoms with E-state index in [2.05, 4.69) is 4.98 Å². The molecule has 0 bridgehead atoms. The third kappa shape index (κ3) is 3.15. The molecule has 1 aromatic carbocycles. The monoisotopic (exact) mass is 296 g/mol. The fourth-order valence-corrected chi connectivity index (χ4v) is 3.37. The Bertz CT molecular complexity index is 570. The highest BCUT2D eigenvalue weighted by Crippen LogP contribution is 2.35. The van der Waals surface area contributed by atoms with Crippen LogP contribution in [0.25, 0.3) is 0 Å². The second-order valence-corrected chi connectivity index (χ2v) is 6.20. The minimum Gasteiger partial charge on any atom is -0.387 e. The Hall–Kier alpha value is -0.940. The van der Waals surface area contributed by atoms with E-state index in [9.17, 15) is 5.11 Å². The summed E-state index contributed by atoms with van der Waals surface area (Å²) in [5, 5.41) is 12.2. The number of nitrogens with zero attached hydrogens (tertiary/aromatic N) is 1. The highest BCUT2D eigenvalue weighted by molar-refractivity contribution is 7.11. The molecular weight excluding hydrogens is 280 g/mol. The van der Waals surface area contributed by atoms with Crippen molar-refractivity contribution in [1.29, 1.82) is 0 Å². The Morgan fingerprint density at radius 3 is 2.68 bits per heavy atom. The number of nitrogens with two attached hydrogens (primary N) is 1. The highest BCUT2D eigenvalue weighted by Gasteiger charge is 2.25. The van der Waals surface area contributed by atoms with E-state index in [1.807, 2.05) is 38.1 Å². The maximum atomic E-state index is 10.6. The zero-order chi connectivity index (χ0) is 14.0. The normalized spacial score (nSPS) is 14.4. The predicted octanol–water partition coefficient (Wildman–Crippen LogP) is 3.19. The van der Waals surface area contributed by atoms with Crippen LogP contribution in [0.2, 0.25) is 5.02 Å². The summed E-state index contributed by atoms with van der Waals surface area (Å²) >= 11 is 7.52. The number of rotatable bonds is 4. The van der Waals surface area contributed by atoms with Gasteiger partial charge in [-0.2, -0.15) is 0 Å². The molecule has 2 atom stereocenters. The molecule has 2 aromatic rings. The molecule has 0 aliphatic heterocycles. The van der Waals surface area contributed by atoms with E-state index in [4.69, 9.17) is 17.3 Å². The number of aliphatic hydroxyl groups is 1. The zero-order valence-electron chi connectivity index (χ0n) is 10.9. The largest absolute Gasteiger partial charge is 0.387 e. The molecule has 0 fully saturated rings. The van der Waals surface area contributed by atoms with Crippen molar-refractivity contribution >= 4 is 22.9 Å². The fourth-order valence-electron chi connectivity index (χ4n) is 2.19. The Morgan fingerprint density at radius 1 is 1.42 bits per heavy atom. The Kier molecular flexibility index (Phi) is 4.58. The summed E-state index contributed by atoms with van der Waals surface area (Å²) in [7, 11) is 0. The van der Waals surface area contributed by atoms with Gasteiger partial charge in [0, 0.05) is 17.5 Å². The van der Waals surface area contributed by atoms with E-state index in [0.29, 0.717) is 11.6 Å². The van der Waals surface area contributed by atoms with Crippen LogP contribution in [-0.2, 0) is 0 Å². The second-order valence-electron chi connectivity index (χ2n) is 4.52. The molecule has 0 amide bonds. The molecule has 1 aromatic heterocycles. The van der Waals surface area contributed by atoms with Crippen LogP contribution >= 0.6 is 22.9 Å². The van der Waals surface area contributed by atoms with Crippen molar-refractivity contribution in [1.82, 2.24) is 4.98 Å². The molecule has 0 radical (unpaired) electrons. The van der Waals surface area contributed by atoms with Crippen molar-refractivity contribution < 1.29 is 5.11 Å². The van der Waals surface area contributed by atoms with Crippen LogP contribution in [0.1, 0.15) is 33.2 Å². The Balaban J connectivity index is 2.34. The van der Waals surface area contributed by atoms with E-state index < -0.39 is 6.10 Å². The van der Waals surface area contributed by atoms with Crippen LogP contribution in [0.3, 0.4) is 0 Å². The van der Waals surface area contributed by atoms with Crippen LogP contribution in [0.5, 0.6) is 0 Å². The first-order valence-corrected chi connectivity index (χ1v) is 7.30. The van der Waals surface area contributed by atoms with Gasteiger partial charge in [-0.1, -0.05) is 23.7 Å². The fraction of sp³-hybridized carbons (Fsp3) is 0.357. The minimum atomic E-state index is -0.644. The van der Waals surface area contributed by atoms with Crippen molar-refractivity contribution in [3.63, 3.8) is 0 Å². The van der Waals surface area contributed by atoms with Crippen molar-refractivity contribution in [3.05, 3.63) is 50.4 Å². The van der Waals surface area contributed by atoms with E-state index >= 15 is 0 Å². The van der Waals surface area contributed by atoms with Gasteiger partial charge in [0.15, 0.2) is 0 Å². The number of hydrogen-bond acceptors (Lipinski definition) is 4. The summed E-state index contributed by atoms with van der Waals surface area (Å²) in [6.45, 7) is 4.20. The highest BCUT2D eigenvalue weighted by atomic mass is 35.5. The third-order valence-corrected chi connectivity index (χ3v) is 4.50. The van der Waals surface area contributed by atoms with Crippen LogP contribution in [0, 0.1) is 13.8 Å². The molecule has 0 spiro atoms. The van der Waals surface area contributed by atoms with Gasteiger partial charge >= 0.3 is 0 Å². The lowest BCUT2D eigenvalue weighted by atomic mass is 9.92. The number of benzene rings is 1. The van der Waals surface area contributed by atoms with Gasteiger partial charge in [0.1, 0.15) is 0 Å². The second kappa shape index (κ2) is 6.01. The lowest BCUT2D eigenvalue weighted by molar-refractivity contribution is 0.150. The van der Waals surface area contributed by atoms with E-state index in [1.54, 1.807) is 0 Å². The molecule has 5 heteroatoms. The van der Waals surface area contributed by atoms with Crippen LogP contribution in [0.15, 0.2) is 24.3 Å². The van der Waals surface area contributed by atoms with Crippen LogP contribution in [0.4, 0.5) is 0 Å². The van der Waals surface area contributed by atoms with Crippen LogP contribution < -0.4 is 5.73 Å². The molecule has 1 heterocycles. The van der Waals surface area contributed by atoms with E-state index in [0.717, 1.165) is 21.1 Å². The summed E-state index contributed by atoms with van der Waals surface area (Å²) in [5.41, 5.74) is 7.65. The van der Waals surface area contributed by atoms with E-state index in [1.165, 1.54) is 11.3 Å². The lowest BCUT2D eigenvalue weighted by Crippen LogP contribution is -2.20. The number of aliphatic hydroxyl groups excluding tert-OH is 1. The molecule has 0 saturated heterocycles.